The zero-order valence-corrected chi connectivity index (χ0v) is 10.1. The lowest BCUT2D eigenvalue weighted by atomic mass is 9.96. The molecular formula is C11H11F3N2S. The quantitative estimate of drug-likeness (QED) is 0.841. The predicted octanol–water partition coefficient (Wildman–Crippen LogP) is 4.02. The van der Waals surface area contributed by atoms with Crippen molar-refractivity contribution in [3.8, 4) is 0 Å². The summed E-state index contributed by atoms with van der Waals surface area (Å²) in [6.45, 7) is 3.47. The number of nitrogen functional groups attached to an aromatic ring is 1. The largest absolute Gasteiger partial charge is 0.416 e. The van der Waals surface area contributed by atoms with Crippen LogP contribution < -0.4 is 5.73 Å². The third kappa shape index (κ3) is 2.09. The van der Waals surface area contributed by atoms with Crippen LogP contribution in [-0.2, 0) is 6.18 Å². The number of fused-ring (bicyclic) bond motifs is 1. The van der Waals surface area contributed by atoms with E-state index in [4.69, 9.17) is 5.73 Å². The molecule has 0 atom stereocenters. The van der Waals surface area contributed by atoms with E-state index in [1.54, 1.807) is 13.8 Å². The average molecular weight is 260 g/mol. The lowest BCUT2D eigenvalue weighted by Gasteiger charge is -2.15. The molecule has 1 heterocycles. The second-order valence-electron chi connectivity index (χ2n) is 4.08. The highest BCUT2D eigenvalue weighted by Crippen LogP contribution is 2.41. The molecule has 0 aliphatic heterocycles. The van der Waals surface area contributed by atoms with Crippen molar-refractivity contribution < 1.29 is 13.2 Å². The Labute approximate surface area is 100 Å². The number of nitrogens with zero attached hydrogens (tertiary/aromatic N) is 1. The van der Waals surface area contributed by atoms with Crippen LogP contribution in [0.1, 0.15) is 30.9 Å². The molecule has 92 valence electrons. The number of rotatable bonds is 1. The number of halogens is 3. The summed E-state index contributed by atoms with van der Waals surface area (Å²) in [4.78, 5) is 4.01. The van der Waals surface area contributed by atoms with Gasteiger partial charge in [0.05, 0.1) is 15.8 Å². The zero-order chi connectivity index (χ0) is 12.8. The van der Waals surface area contributed by atoms with Gasteiger partial charge in [0, 0.05) is 0 Å². The van der Waals surface area contributed by atoms with Crippen LogP contribution in [0.25, 0.3) is 10.2 Å². The Balaban J connectivity index is 2.81. The number of anilines is 1. The van der Waals surface area contributed by atoms with Gasteiger partial charge < -0.3 is 5.73 Å². The molecule has 2 N–H and O–H groups in total. The van der Waals surface area contributed by atoms with Gasteiger partial charge in [0.1, 0.15) is 0 Å². The van der Waals surface area contributed by atoms with E-state index in [9.17, 15) is 13.2 Å². The van der Waals surface area contributed by atoms with Gasteiger partial charge in [0.15, 0.2) is 5.13 Å². The number of alkyl halides is 3. The molecule has 0 aliphatic rings. The van der Waals surface area contributed by atoms with Crippen LogP contribution in [0.5, 0.6) is 0 Å². The maximum Gasteiger partial charge on any atom is 0.416 e. The van der Waals surface area contributed by atoms with Gasteiger partial charge in [-0.25, -0.2) is 4.98 Å². The normalized spacial score (nSPS) is 12.6. The van der Waals surface area contributed by atoms with Crippen molar-refractivity contribution in [1.82, 2.24) is 4.98 Å². The third-order valence-corrected chi connectivity index (χ3v) is 3.43. The standard InChI is InChI=1S/C11H11F3N2S/c1-5(2)8-6(11(12,13)14)3-4-7-9(8)17-10(15)16-7/h3-5H,1-2H3,(H2,15,16). The molecule has 0 saturated carbocycles. The molecule has 0 spiro atoms. The number of hydrogen-bond acceptors (Lipinski definition) is 3. The molecule has 0 amide bonds. The lowest BCUT2D eigenvalue weighted by Crippen LogP contribution is -2.10. The summed E-state index contributed by atoms with van der Waals surface area (Å²) >= 11 is 1.10. The Bertz CT molecular complexity index is 558. The van der Waals surface area contributed by atoms with Crippen LogP contribution >= 0.6 is 11.3 Å². The van der Waals surface area contributed by atoms with Gasteiger partial charge in [-0.3, -0.25) is 0 Å². The minimum Gasteiger partial charge on any atom is -0.375 e. The monoisotopic (exact) mass is 260 g/mol. The Morgan fingerprint density at radius 3 is 2.47 bits per heavy atom. The summed E-state index contributed by atoms with van der Waals surface area (Å²) in [5, 5.41) is 0.293. The lowest BCUT2D eigenvalue weighted by molar-refractivity contribution is -0.138. The Morgan fingerprint density at radius 2 is 1.94 bits per heavy atom. The summed E-state index contributed by atoms with van der Waals surface area (Å²) in [7, 11) is 0. The summed E-state index contributed by atoms with van der Waals surface area (Å²) in [6, 6.07) is 2.45. The first-order valence-electron chi connectivity index (χ1n) is 5.07. The molecule has 17 heavy (non-hydrogen) atoms. The van der Waals surface area contributed by atoms with Crippen molar-refractivity contribution in [3.05, 3.63) is 23.3 Å². The van der Waals surface area contributed by atoms with E-state index in [0.29, 0.717) is 15.3 Å². The van der Waals surface area contributed by atoms with Crippen molar-refractivity contribution in [1.29, 1.82) is 0 Å². The SMILES string of the molecule is CC(C)c1c(C(F)(F)F)ccc2nc(N)sc12. The fraction of sp³-hybridized carbons (Fsp3) is 0.364. The maximum atomic E-state index is 12.9. The first-order valence-corrected chi connectivity index (χ1v) is 5.88. The zero-order valence-electron chi connectivity index (χ0n) is 9.30. The number of nitrogens with two attached hydrogens (primary N) is 1. The van der Waals surface area contributed by atoms with E-state index in [2.05, 4.69) is 4.98 Å². The minimum absolute atomic E-state index is 0.227. The second kappa shape index (κ2) is 3.87. The number of benzene rings is 1. The smallest absolute Gasteiger partial charge is 0.375 e. The van der Waals surface area contributed by atoms with E-state index < -0.39 is 11.7 Å². The molecule has 0 saturated heterocycles. The molecule has 2 rings (SSSR count). The van der Waals surface area contributed by atoms with E-state index >= 15 is 0 Å². The van der Waals surface area contributed by atoms with E-state index in [1.165, 1.54) is 6.07 Å². The molecule has 1 aromatic carbocycles. The van der Waals surface area contributed by atoms with E-state index in [1.807, 2.05) is 0 Å². The Morgan fingerprint density at radius 1 is 1.29 bits per heavy atom. The molecule has 6 heteroatoms. The first kappa shape index (κ1) is 12.2. The highest BCUT2D eigenvalue weighted by molar-refractivity contribution is 7.22. The molecule has 0 radical (unpaired) electrons. The van der Waals surface area contributed by atoms with Gasteiger partial charge in [0.2, 0.25) is 0 Å². The van der Waals surface area contributed by atoms with Crippen molar-refractivity contribution in [2.45, 2.75) is 25.9 Å². The molecular weight excluding hydrogens is 249 g/mol. The van der Waals surface area contributed by atoms with Crippen LogP contribution in [-0.4, -0.2) is 4.98 Å². The maximum absolute atomic E-state index is 12.9. The highest BCUT2D eigenvalue weighted by atomic mass is 32.1. The molecule has 2 nitrogen and oxygen atoms in total. The van der Waals surface area contributed by atoms with Crippen LogP contribution in [0.4, 0.5) is 18.3 Å². The van der Waals surface area contributed by atoms with Crippen molar-refractivity contribution in [2.75, 3.05) is 5.73 Å². The summed E-state index contributed by atoms with van der Waals surface area (Å²) in [5.74, 6) is -0.227. The summed E-state index contributed by atoms with van der Waals surface area (Å²) < 4.78 is 39.2. The van der Waals surface area contributed by atoms with Crippen molar-refractivity contribution >= 4 is 26.7 Å². The topological polar surface area (TPSA) is 38.9 Å². The average Bonchev–Trinajstić information content (AvgIpc) is 2.53. The fourth-order valence-electron chi connectivity index (χ4n) is 1.85. The fourth-order valence-corrected chi connectivity index (χ4v) is 2.88. The van der Waals surface area contributed by atoms with Gasteiger partial charge in [0.25, 0.3) is 0 Å². The Hall–Kier alpha value is -1.30. The van der Waals surface area contributed by atoms with Gasteiger partial charge in [-0.1, -0.05) is 25.2 Å². The van der Waals surface area contributed by atoms with Gasteiger partial charge in [-0.15, -0.1) is 0 Å². The molecule has 0 aliphatic carbocycles. The third-order valence-electron chi connectivity index (χ3n) is 2.50. The Kier molecular flexibility index (Phi) is 2.77. The van der Waals surface area contributed by atoms with E-state index in [-0.39, 0.29) is 11.5 Å². The van der Waals surface area contributed by atoms with Gasteiger partial charge in [-0.05, 0) is 23.6 Å². The summed E-state index contributed by atoms with van der Waals surface area (Å²) in [5.41, 5.74) is 5.76. The molecule has 0 bridgehead atoms. The van der Waals surface area contributed by atoms with Gasteiger partial charge in [-0.2, -0.15) is 13.2 Å². The van der Waals surface area contributed by atoms with E-state index in [0.717, 1.165) is 17.4 Å². The van der Waals surface area contributed by atoms with Crippen LogP contribution in [0.3, 0.4) is 0 Å². The van der Waals surface area contributed by atoms with Crippen LogP contribution in [0.15, 0.2) is 12.1 Å². The van der Waals surface area contributed by atoms with Crippen molar-refractivity contribution in [2.24, 2.45) is 0 Å². The van der Waals surface area contributed by atoms with Crippen molar-refractivity contribution in [3.63, 3.8) is 0 Å². The first-order chi connectivity index (χ1) is 7.80. The number of hydrogen-bond donors (Lipinski definition) is 1. The number of thiazole rings is 1. The molecule has 1 aromatic heterocycles. The molecule has 0 fully saturated rings. The van der Waals surface area contributed by atoms with Crippen LogP contribution in [0.2, 0.25) is 0 Å². The number of aromatic nitrogens is 1. The minimum atomic E-state index is -4.34. The summed E-state index contributed by atoms with van der Waals surface area (Å²) in [6.07, 6.45) is -4.34. The highest BCUT2D eigenvalue weighted by Gasteiger charge is 2.35. The molecule has 0 unspecified atom stereocenters. The van der Waals surface area contributed by atoms with Crippen LogP contribution in [0, 0.1) is 0 Å². The second-order valence-corrected chi connectivity index (χ2v) is 5.11. The predicted molar refractivity (Wildman–Crippen MR) is 63.1 cm³/mol. The molecule has 2 aromatic rings. The van der Waals surface area contributed by atoms with Gasteiger partial charge >= 0.3 is 6.18 Å².